The molecule has 0 heterocycles. The van der Waals surface area contributed by atoms with Gasteiger partial charge in [0.25, 0.3) is 0 Å². The van der Waals surface area contributed by atoms with Crippen molar-refractivity contribution in [3.63, 3.8) is 0 Å². The zero-order chi connectivity index (χ0) is 16.0. The SMILES string of the molecule is CNCCN(C)C(=O)C(C)CS(=O)(=O)c1ccc(Br)cc1. The highest BCUT2D eigenvalue weighted by atomic mass is 79.9. The summed E-state index contributed by atoms with van der Waals surface area (Å²) in [5.41, 5.74) is 0. The first kappa shape index (κ1) is 18.1. The van der Waals surface area contributed by atoms with E-state index in [0.717, 1.165) is 4.47 Å². The molecule has 7 heteroatoms. The van der Waals surface area contributed by atoms with Crippen LogP contribution in [0.25, 0.3) is 0 Å². The molecular formula is C14H21BrN2O3S. The first-order valence-electron chi connectivity index (χ1n) is 6.66. The molecule has 1 unspecified atom stereocenters. The minimum Gasteiger partial charge on any atom is -0.344 e. The Morgan fingerprint density at radius 3 is 2.43 bits per heavy atom. The van der Waals surface area contributed by atoms with Gasteiger partial charge in [-0.15, -0.1) is 0 Å². The van der Waals surface area contributed by atoms with Crippen molar-refractivity contribution in [2.24, 2.45) is 5.92 Å². The number of benzene rings is 1. The van der Waals surface area contributed by atoms with Crippen LogP contribution in [0.15, 0.2) is 33.6 Å². The number of nitrogens with one attached hydrogen (secondary N) is 1. The van der Waals surface area contributed by atoms with E-state index in [2.05, 4.69) is 21.2 Å². The summed E-state index contributed by atoms with van der Waals surface area (Å²) in [7, 11) is 0.0290. The summed E-state index contributed by atoms with van der Waals surface area (Å²) in [5, 5.41) is 2.96. The van der Waals surface area contributed by atoms with Gasteiger partial charge in [-0.2, -0.15) is 0 Å². The van der Waals surface area contributed by atoms with Crippen molar-refractivity contribution in [1.82, 2.24) is 10.2 Å². The fraction of sp³-hybridized carbons (Fsp3) is 0.500. The average molecular weight is 377 g/mol. The standard InChI is InChI=1S/C14H21BrN2O3S/c1-11(14(18)17(3)9-8-16-2)10-21(19,20)13-6-4-12(15)5-7-13/h4-7,11,16H,8-10H2,1-3H3. The van der Waals surface area contributed by atoms with Gasteiger partial charge in [-0.25, -0.2) is 8.42 Å². The molecule has 1 aromatic carbocycles. The van der Waals surface area contributed by atoms with Crippen LogP contribution in [0.1, 0.15) is 6.92 Å². The van der Waals surface area contributed by atoms with E-state index >= 15 is 0 Å². The first-order valence-corrected chi connectivity index (χ1v) is 9.10. The van der Waals surface area contributed by atoms with Crippen molar-refractivity contribution >= 4 is 31.7 Å². The maximum absolute atomic E-state index is 12.3. The second kappa shape index (κ2) is 7.91. The smallest absolute Gasteiger partial charge is 0.226 e. The zero-order valence-electron chi connectivity index (χ0n) is 12.5. The van der Waals surface area contributed by atoms with Gasteiger partial charge in [0.05, 0.1) is 10.6 Å². The van der Waals surface area contributed by atoms with E-state index in [1.807, 2.05) is 0 Å². The summed E-state index contributed by atoms with van der Waals surface area (Å²) in [4.78, 5) is 13.9. The molecule has 0 bridgehead atoms. The maximum Gasteiger partial charge on any atom is 0.226 e. The summed E-state index contributed by atoms with van der Waals surface area (Å²) >= 11 is 3.27. The van der Waals surface area contributed by atoms with Crippen molar-refractivity contribution in [3.8, 4) is 0 Å². The van der Waals surface area contributed by atoms with Crippen LogP contribution in [0.4, 0.5) is 0 Å². The average Bonchev–Trinajstić information content (AvgIpc) is 2.43. The van der Waals surface area contributed by atoms with E-state index < -0.39 is 15.8 Å². The number of likely N-dealkylation sites (N-methyl/N-ethyl adjacent to an activating group) is 2. The Hall–Kier alpha value is -0.920. The number of hydrogen-bond donors (Lipinski definition) is 1. The monoisotopic (exact) mass is 376 g/mol. The number of amides is 1. The molecule has 0 radical (unpaired) electrons. The molecule has 21 heavy (non-hydrogen) atoms. The van der Waals surface area contributed by atoms with E-state index in [4.69, 9.17) is 0 Å². The van der Waals surface area contributed by atoms with Crippen LogP contribution in [0.3, 0.4) is 0 Å². The second-order valence-corrected chi connectivity index (χ2v) is 7.95. The molecule has 1 N–H and O–H groups in total. The topological polar surface area (TPSA) is 66.5 Å². The van der Waals surface area contributed by atoms with Crippen LogP contribution >= 0.6 is 15.9 Å². The third kappa shape index (κ3) is 5.41. The summed E-state index contributed by atoms with van der Waals surface area (Å²) in [6, 6.07) is 6.44. The number of rotatable bonds is 7. The lowest BCUT2D eigenvalue weighted by molar-refractivity contribution is -0.132. The predicted octanol–water partition coefficient (Wildman–Crippen LogP) is 1.54. The third-order valence-corrected chi connectivity index (χ3v) is 5.60. The minimum atomic E-state index is -3.46. The highest BCUT2D eigenvalue weighted by Crippen LogP contribution is 2.18. The molecular weight excluding hydrogens is 356 g/mol. The van der Waals surface area contributed by atoms with Gasteiger partial charge in [0.15, 0.2) is 9.84 Å². The first-order chi connectivity index (χ1) is 9.77. The molecule has 0 aliphatic heterocycles. The van der Waals surface area contributed by atoms with Gasteiger partial charge in [-0.05, 0) is 31.3 Å². The number of carbonyl (C=O) groups is 1. The van der Waals surface area contributed by atoms with Gasteiger partial charge in [0.1, 0.15) is 0 Å². The number of hydrogen-bond acceptors (Lipinski definition) is 4. The molecule has 1 rings (SSSR count). The quantitative estimate of drug-likeness (QED) is 0.783. The number of sulfone groups is 1. The van der Waals surface area contributed by atoms with Gasteiger partial charge < -0.3 is 10.2 Å². The molecule has 1 aromatic rings. The van der Waals surface area contributed by atoms with E-state index in [0.29, 0.717) is 13.1 Å². The van der Waals surface area contributed by atoms with Crippen molar-refractivity contribution in [1.29, 1.82) is 0 Å². The van der Waals surface area contributed by atoms with Gasteiger partial charge in [0.2, 0.25) is 5.91 Å². The normalized spacial score (nSPS) is 13.0. The molecule has 0 saturated carbocycles. The Balaban J connectivity index is 2.74. The molecule has 0 aromatic heterocycles. The van der Waals surface area contributed by atoms with Gasteiger partial charge in [-0.3, -0.25) is 4.79 Å². The molecule has 0 aliphatic rings. The Kier molecular flexibility index (Phi) is 6.83. The molecule has 118 valence electrons. The van der Waals surface area contributed by atoms with Gasteiger partial charge >= 0.3 is 0 Å². The van der Waals surface area contributed by atoms with Crippen molar-refractivity contribution in [2.75, 3.05) is 32.9 Å². The fourth-order valence-electron chi connectivity index (χ4n) is 1.90. The van der Waals surface area contributed by atoms with E-state index in [1.165, 1.54) is 0 Å². The summed E-state index contributed by atoms with van der Waals surface area (Å²) < 4.78 is 25.4. The fourth-order valence-corrected chi connectivity index (χ4v) is 3.71. The van der Waals surface area contributed by atoms with Crippen LogP contribution in [-0.4, -0.2) is 52.2 Å². The summed E-state index contributed by atoms with van der Waals surface area (Å²) in [6.07, 6.45) is 0. The Labute approximate surface area is 134 Å². The van der Waals surface area contributed by atoms with Crippen molar-refractivity contribution in [3.05, 3.63) is 28.7 Å². The molecule has 1 amide bonds. The molecule has 0 fully saturated rings. The molecule has 5 nitrogen and oxygen atoms in total. The van der Waals surface area contributed by atoms with Gasteiger partial charge in [-0.1, -0.05) is 22.9 Å². The number of halogens is 1. The molecule has 0 saturated heterocycles. The summed E-state index contributed by atoms with van der Waals surface area (Å²) in [5.74, 6) is -0.913. The highest BCUT2D eigenvalue weighted by Gasteiger charge is 2.25. The largest absolute Gasteiger partial charge is 0.344 e. The number of carbonyl (C=O) groups excluding carboxylic acids is 1. The Bertz CT molecular complexity index is 572. The Morgan fingerprint density at radius 2 is 1.90 bits per heavy atom. The highest BCUT2D eigenvalue weighted by molar-refractivity contribution is 9.10. The van der Waals surface area contributed by atoms with Gasteiger partial charge in [0, 0.05) is 30.5 Å². The maximum atomic E-state index is 12.3. The lowest BCUT2D eigenvalue weighted by Gasteiger charge is -2.21. The summed E-state index contributed by atoms with van der Waals surface area (Å²) in [6.45, 7) is 2.88. The predicted molar refractivity (Wildman–Crippen MR) is 86.9 cm³/mol. The molecule has 0 spiro atoms. The Morgan fingerprint density at radius 1 is 1.33 bits per heavy atom. The van der Waals surface area contributed by atoms with E-state index in [1.54, 1.807) is 50.2 Å². The van der Waals surface area contributed by atoms with E-state index in [9.17, 15) is 13.2 Å². The molecule has 0 aliphatic carbocycles. The lowest BCUT2D eigenvalue weighted by atomic mass is 10.2. The van der Waals surface area contributed by atoms with Crippen LogP contribution in [-0.2, 0) is 14.6 Å². The number of nitrogens with zero attached hydrogens (tertiary/aromatic N) is 1. The van der Waals surface area contributed by atoms with E-state index in [-0.39, 0.29) is 16.6 Å². The van der Waals surface area contributed by atoms with Crippen molar-refractivity contribution in [2.45, 2.75) is 11.8 Å². The lowest BCUT2D eigenvalue weighted by Crippen LogP contribution is -2.38. The van der Waals surface area contributed by atoms with Crippen molar-refractivity contribution < 1.29 is 13.2 Å². The van der Waals surface area contributed by atoms with Crippen LogP contribution in [0.2, 0.25) is 0 Å². The third-order valence-electron chi connectivity index (χ3n) is 3.14. The second-order valence-electron chi connectivity index (χ2n) is 5.00. The van der Waals surface area contributed by atoms with Crippen LogP contribution in [0, 0.1) is 5.92 Å². The van der Waals surface area contributed by atoms with Crippen LogP contribution < -0.4 is 5.32 Å². The molecule has 1 atom stereocenters. The minimum absolute atomic E-state index is 0.161. The zero-order valence-corrected chi connectivity index (χ0v) is 14.9. The van der Waals surface area contributed by atoms with Crippen LogP contribution in [0.5, 0.6) is 0 Å².